The number of hydrogen-bond acceptors (Lipinski definition) is 4. The molecule has 1 aliphatic rings. The summed E-state index contributed by atoms with van der Waals surface area (Å²) in [5, 5.41) is 2.64. The van der Waals surface area contributed by atoms with Gasteiger partial charge in [0.1, 0.15) is 12.5 Å². The minimum atomic E-state index is -0.603. The first-order chi connectivity index (χ1) is 10.5. The number of amides is 1. The monoisotopic (exact) mass is 367 g/mol. The molecule has 0 saturated carbocycles. The van der Waals surface area contributed by atoms with Crippen LogP contribution >= 0.6 is 15.9 Å². The van der Waals surface area contributed by atoms with E-state index in [1.165, 1.54) is 7.11 Å². The van der Waals surface area contributed by atoms with Crippen molar-refractivity contribution in [1.82, 2.24) is 5.32 Å². The molecule has 1 fully saturated rings. The highest BCUT2D eigenvalue weighted by atomic mass is 79.9. The highest BCUT2D eigenvalue weighted by molar-refractivity contribution is 9.10. The first-order valence-electron chi connectivity index (χ1n) is 6.93. The van der Waals surface area contributed by atoms with Crippen LogP contribution in [0.25, 0.3) is 0 Å². The number of benzene rings is 1. The molecular weight excluding hydrogens is 350 g/mol. The van der Waals surface area contributed by atoms with Gasteiger partial charge in [-0.25, -0.2) is 0 Å². The number of halogens is 1. The molecule has 0 spiro atoms. The molecule has 5 nitrogen and oxygen atoms in total. The molecule has 1 heterocycles. The number of nitrogens with one attached hydrogen (secondary N) is 1. The van der Waals surface area contributed by atoms with Crippen LogP contribution in [-0.4, -0.2) is 32.2 Å². The maximum absolute atomic E-state index is 12.4. The molecule has 1 aromatic rings. The van der Waals surface area contributed by atoms with Gasteiger partial charge in [-0.2, -0.15) is 0 Å². The van der Waals surface area contributed by atoms with E-state index in [1.54, 1.807) is 0 Å². The Bertz CT molecular complexity index is 587. The zero-order chi connectivity index (χ0) is 16.1. The third kappa shape index (κ3) is 3.75. The topological polar surface area (TPSA) is 64.6 Å². The summed E-state index contributed by atoms with van der Waals surface area (Å²) in [5.41, 5.74) is 1.27. The lowest BCUT2D eigenvalue weighted by molar-refractivity contribution is -0.150. The van der Waals surface area contributed by atoms with Gasteiger partial charge >= 0.3 is 5.97 Å². The van der Waals surface area contributed by atoms with Crippen LogP contribution < -0.4 is 5.32 Å². The molecule has 1 amide bonds. The lowest BCUT2D eigenvalue weighted by Crippen LogP contribution is -2.41. The van der Waals surface area contributed by atoms with E-state index in [2.05, 4.69) is 27.8 Å². The summed E-state index contributed by atoms with van der Waals surface area (Å²) >= 11 is 3.48. The number of rotatable bonds is 5. The van der Waals surface area contributed by atoms with Crippen molar-refractivity contribution in [2.75, 3.05) is 20.3 Å². The van der Waals surface area contributed by atoms with Gasteiger partial charge in [0.15, 0.2) is 0 Å². The largest absolute Gasteiger partial charge is 0.463 e. The number of methoxy groups -OCH3 is 1. The Kier molecular flexibility index (Phi) is 5.74. The van der Waals surface area contributed by atoms with Crippen LogP contribution in [0.5, 0.6) is 0 Å². The van der Waals surface area contributed by atoms with Crippen molar-refractivity contribution in [2.24, 2.45) is 5.92 Å². The predicted octanol–water partition coefficient (Wildman–Crippen LogP) is 2.37. The quantitative estimate of drug-likeness (QED) is 0.640. The number of carbonyl (C=O) groups is 2. The Labute approximate surface area is 137 Å². The van der Waals surface area contributed by atoms with Gasteiger partial charge in [-0.3, -0.25) is 9.59 Å². The zero-order valence-corrected chi connectivity index (χ0v) is 13.9. The maximum Gasteiger partial charge on any atom is 0.315 e. The molecule has 6 heteroatoms. The molecule has 118 valence electrons. The second kappa shape index (κ2) is 7.56. The number of esters is 1. The number of carbonyl (C=O) groups excluding carboxylic acids is 2. The van der Waals surface area contributed by atoms with Gasteiger partial charge in [-0.1, -0.05) is 40.7 Å². The van der Waals surface area contributed by atoms with Crippen LogP contribution in [0.2, 0.25) is 0 Å². The van der Waals surface area contributed by atoms with E-state index in [9.17, 15) is 9.59 Å². The Morgan fingerprint density at radius 1 is 1.41 bits per heavy atom. The average Bonchev–Trinajstić information content (AvgIpc) is 2.47. The first kappa shape index (κ1) is 16.7. The van der Waals surface area contributed by atoms with E-state index in [0.29, 0.717) is 12.3 Å². The Hall–Kier alpha value is -1.66. The lowest BCUT2D eigenvalue weighted by Gasteiger charge is -2.32. The zero-order valence-electron chi connectivity index (χ0n) is 12.3. The van der Waals surface area contributed by atoms with Crippen molar-refractivity contribution in [3.63, 3.8) is 0 Å². The minimum Gasteiger partial charge on any atom is -0.463 e. The molecule has 1 N–H and O–H groups in total. The third-order valence-electron chi connectivity index (χ3n) is 3.57. The SMILES string of the molecule is C=C1NC(=O)CC(c2ccccc2Br)C1C(=O)OCCOC. The smallest absolute Gasteiger partial charge is 0.315 e. The van der Waals surface area contributed by atoms with Crippen molar-refractivity contribution in [2.45, 2.75) is 12.3 Å². The fraction of sp³-hybridized carbons (Fsp3) is 0.375. The van der Waals surface area contributed by atoms with Crippen LogP contribution in [-0.2, 0) is 19.1 Å². The van der Waals surface area contributed by atoms with Gasteiger partial charge in [0.05, 0.1) is 6.61 Å². The molecule has 0 aromatic heterocycles. The Morgan fingerprint density at radius 2 is 2.14 bits per heavy atom. The van der Waals surface area contributed by atoms with Crippen molar-refractivity contribution in [3.05, 3.63) is 46.6 Å². The van der Waals surface area contributed by atoms with Gasteiger partial charge in [0.2, 0.25) is 5.91 Å². The maximum atomic E-state index is 12.4. The van der Waals surface area contributed by atoms with Crippen molar-refractivity contribution in [1.29, 1.82) is 0 Å². The molecule has 1 aliphatic heterocycles. The van der Waals surface area contributed by atoms with Gasteiger partial charge in [-0.15, -0.1) is 0 Å². The highest BCUT2D eigenvalue weighted by Crippen LogP contribution is 2.38. The molecule has 1 saturated heterocycles. The molecule has 22 heavy (non-hydrogen) atoms. The van der Waals surface area contributed by atoms with Crippen molar-refractivity contribution in [3.8, 4) is 0 Å². The van der Waals surface area contributed by atoms with Gasteiger partial charge < -0.3 is 14.8 Å². The van der Waals surface area contributed by atoms with E-state index in [4.69, 9.17) is 9.47 Å². The van der Waals surface area contributed by atoms with Gasteiger partial charge in [-0.05, 0) is 11.6 Å². The Morgan fingerprint density at radius 3 is 2.82 bits per heavy atom. The summed E-state index contributed by atoms with van der Waals surface area (Å²) in [7, 11) is 1.54. The number of ether oxygens (including phenoxy) is 2. The summed E-state index contributed by atoms with van der Waals surface area (Å²) in [6.45, 7) is 4.33. The van der Waals surface area contributed by atoms with E-state index in [0.717, 1.165) is 10.0 Å². The van der Waals surface area contributed by atoms with Gasteiger partial charge in [0.25, 0.3) is 0 Å². The summed E-state index contributed by atoms with van der Waals surface area (Å²) in [4.78, 5) is 24.2. The van der Waals surface area contributed by atoms with Crippen LogP contribution in [0.15, 0.2) is 41.0 Å². The molecular formula is C16H18BrNO4. The van der Waals surface area contributed by atoms with E-state index in [-0.39, 0.29) is 24.9 Å². The molecule has 2 rings (SSSR count). The molecule has 0 aliphatic carbocycles. The van der Waals surface area contributed by atoms with Crippen LogP contribution in [0.1, 0.15) is 17.9 Å². The second-order valence-electron chi connectivity index (χ2n) is 5.04. The molecule has 2 atom stereocenters. The second-order valence-corrected chi connectivity index (χ2v) is 5.90. The summed E-state index contributed by atoms with van der Waals surface area (Å²) < 4.78 is 11.0. The lowest BCUT2D eigenvalue weighted by atomic mass is 9.79. The molecule has 1 aromatic carbocycles. The first-order valence-corrected chi connectivity index (χ1v) is 7.72. The summed E-state index contributed by atoms with van der Waals surface area (Å²) in [6, 6.07) is 7.55. The summed E-state index contributed by atoms with van der Waals surface area (Å²) in [6.07, 6.45) is 0.214. The van der Waals surface area contributed by atoms with Crippen LogP contribution in [0, 0.1) is 5.92 Å². The fourth-order valence-electron chi connectivity index (χ4n) is 2.56. The van der Waals surface area contributed by atoms with Crippen molar-refractivity contribution < 1.29 is 19.1 Å². The van der Waals surface area contributed by atoms with E-state index in [1.807, 2.05) is 24.3 Å². The van der Waals surface area contributed by atoms with Crippen LogP contribution in [0.3, 0.4) is 0 Å². The number of hydrogen-bond donors (Lipinski definition) is 1. The molecule has 0 bridgehead atoms. The normalized spacial score (nSPS) is 21.4. The van der Waals surface area contributed by atoms with Crippen molar-refractivity contribution >= 4 is 27.8 Å². The third-order valence-corrected chi connectivity index (χ3v) is 4.30. The molecule has 0 radical (unpaired) electrons. The van der Waals surface area contributed by atoms with E-state index >= 15 is 0 Å². The standard InChI is InChI=1S/C16H18BrNO4/c1-10-15(16(20)22-8-7-21-2)12(9-14(19)18-10)11-5-3-4-6-13(11)17/h3-6,12,15H,1,7-9H2,2H3,(H,18,19). The molecule has 2 unspecified atom stereocenters. The van der Waals surface area contributed by atoms with E-state index < -0.39 is 11.9 Å². The summed E-state index contributed by atoms with van der Waals surface area (Å²) in [5.74, 6) is -1.45. The van der Waals surface area contributed by atoms with Crippen LogP contribution in [0.4, 0.5) is 0 Å². The minimum absolute atomic E-state index is 0.147. The fourth-order valence-corrected chi connectivity index (χ4v) is 3.13. The highest BCUT2D eigenvalue weighted by Gasteiger charge is 2.39. The number of piperidine rings is 1. The predicted molar refractivity (Wildman–Crippen MR) is 85.1 cm³/mol. The average molecular weight is 368 g/mol. The van der Waals surface area contributed by atoms with Gasteiger partial charge in [0, 0.05) is 29.6 Å². The Balaban J connectivity index is 2.26.